The smallest absolute Gasteiger partial charge is 0.416 e. The van der Waals surface area contributed by atoms with Crippen molar-refractivity contribution in [2.45, 2.75) is 64.5 Å². The first-order chi connectivity index (χ1) is 24.3. The molecule has 1 aliphatic heterocycles. The summed E-state index contributed by atoms with van der Waals surface area (Å²) in [5.41, 5.74) is 0.791. The Morgan fingerprint density at radius 1 is 1.06 bits per heavy atom. The number of ether oxygens (including phenoxy) is 2. The number of carbonyl (C=O) groups is 1. The molecule has 1 saturated heterocycles. The van der Waals surface area contributed by atoms with Crippen LogP contribution in [0.1, 0.15) is 65.7 Å². The van der Waals surface area contributed by atoms with E-state index in [1.807, 2.05) is 10.6 Å². The predicted molar refractivity (Wildman–Crippen MR) is 172 cm³/mol. The van der Waals surface area contributed by atoms with Crippen molar-refractivity contribution in [2.24, 2.45) is 10.8 Å². The first-order valence-electron chi connectivity index (χ1n) is 16.3. The standard InChI is InChI=1S/C36H31F6N5O4/c37-25-4-6-29(50-17-23-1-3-24(36(40,41)42)16-28(23)51-32(38)39)45-30(25)21-7-9-35(10-8-21)18-46(19-35)33-44-26-5-2-22(31(48)49)15-27(26)47(33)20-34(11-12-34)13-14-43/h1-7,15-16,32H,8-13,17-20H2,(H,48,49). The van der Waals surface area contributed by atoms with Gasteiger partial charge in [0.25, 0.3) is 0 Å². The van der Waals surface area contributed by atoms with Gasteiger partial charge in [-0.1, -0.05) is 12.1 Å². The van der Waals surface area contributed by atoms with Gasteiger partial charge in [0.1, 0.15) is 23.9 Å². The van der Waals surface area contributed by atoms with Gasteiger partial charge in [0.2, 0.25) is 11.8 Å². The second-order valence-corrected chi connectivity index (χ2v) is 13.6. The summed E-state index contributed by atoms with van der Waals surface area (Å²) in [4.78, 5) is 23.1. The number of hydrogen-bond acceptors (Lipinski definition) is 7. The molecule has 9 nitrogen and oxygen atoms in total. The number of anilines is 1. The number of imidazole rings is 1. The number of nitrogens with zero attached hydrogens (tertiary/aromatic N) is 5. The van der Waals surface area contributed by atoms with Gasteiger partial charge < -0.3 is 24.0 Å². The third kappa shape index (κ3) is 6.91. The molecule has 7 rings (SSSR count). The number of carboxylic acid groups (broad SMARTS) is 1. The number of rotatable bonds is 11. The summed E-state index contributed by atoms with van der Waals surface area (Å²) in [5.74, 6) is -1.62. The fourth-order valence-electron chi connectivity index (χ4n) is 7.00. The van der Waals surface area contributed by atoms with E-state index in [0.717, 1.165) is 43.4 Å². The average Bonchev–Trinajstić information content (AvgIpc) is 3.74. The van der Waals surface area contributed by atoms with Gasteiger partial charge in [0, 0.05) is 48.5 Å². The molecule has 3 heterocycles. The summed E-state index contributed by atoms with van der Waals surface area (Å²) in [6, 6.07) is 11.7. The van der Waals surface area contributed by atoms with Crippen LogP contribution in [0.3, 0.4) is 0 Å². The lowest BCUT2D eigenvalue weighted by atomic mass is 9.69. The summed E-state index contributed by atoms with van der Waals surface area (Å²) in [7, 11) is 0. The molecule has 0 unspecified atom stereocenters. The minimum absolute atomic E-state index is 0.0416. The highest BCUT2D eigenvalue weighted by Crippen LogP contribution is 2.52. The zero-order chi connectivity index (χ0) is 36.1. The Morgan fingerprint density at radius 3 is 2.49 bits per heavy atom. The Kier molecular flexibility index (Phi) is 8.59. The molecule has 2 aromatic carbocycles. The van der Waals surface area contributed by atoms with E-state index in [1.54, 1.807) is 12.1 Å². The Balaban J connectivity index is 1.06. The van der Waals surface area contributed by atoms with Crippen LogP contribution in [0.15, 0.2) is 54.6 Å². The predicted octanol–water partition coefficient (Wildman–Crippen LogP) is 8.24. The summed E-state index contributed by atoms with van der Waals surface area (Å²) in [6.07, 6.45) is 1.27. The van der Waals surface area contributed by atoms with E-state index in [9.17, 15) is 37.1 Å². The van der Waals surface area contributed by atoms with Crippen molar-refractivity contribution >= 4 is 28.5 Å². The molecular weight excluding hydrogens is 680 g/mol. The summed E-state index contributed by atoms with van der Waals surface area (Å²) < 4.78 is 92.2. The van der Waals surface area contributed by atoms with Gasteiger partial charge in [-0.15, -0.1) is 0 Å². The quantitative estimate of drug-likeness (QED) is 0.155. The summed E-state index contributed by atoms with van der Waals surface area (Å²) in [5, 5.41) is 19.0. The number of alkyl halides is 5. The molecule has 266 valence electrons. The Hall–Kier alpha value is -5.26. The van der Waals surface area contributed by atoms with E-state index in [4.69, 9.17) is 9.72 Å². The van der Waals surface area contributed by atoms with Gasteiger partial charge >= 0.3 is 18.8 Å². The first kappa shape index (κ1) is 34.2. The molecule has 1 saturated carbocycles. The Labute approximate surface area is 287 Å². The molecule has 3 aliphatic rings. The topological polar surface area (TPSA) is 114 Å². The van der Waals surface area contributed by atoms with Crippen molar-refractivity contribution in [1.82, 2.24) is 14.5 Å². The number of aromatic nitrogens is 3. The number of benzene rings is 2. The number of pyridine rings is 1. The van der Waals surface area contributed by atoms with Crippen LogP contribution in [0.4, 0.5) is 32.3 Å². The lowest BCUT2D eigenvalue weighted by Gasteiger charge is -2.52. The third-order valence-electron chi connectivity index (χ3n) is 10.0. The molecule has 2 aliphatic carbocycles. The zero-order valence-electron chi connectivity index (χ0n) is 27.0. The zero-order valence-corrected chi connectivity index (χ0v) is 27.0. The normalized spacial score (nSPS) is 17.6. The van der Waals surface area contributed by atoms with Gasteiger partial charge in [0.15, 0.2) is 0 Å². The lowest BCUT2D eigenvalue weighted by Crippen LogP contribution is -2.57. The number of halogens is 6. The molecule has 1 N–H and O–H groups in total. The highest BCUT2D eigenvalue weighted by molar-refractivity contribution is 5.93. The van der Waals surface area contributed by atoms with Crippen LogP contribution < -0.4 is 14.4 Å². The van der Waals surface area contributed by atoms with Gasteiger partial charge in [0.05, 0.1) is 28.2 Å². The largest absolute Gasteiger partial charge is 0.478 e. The molecule has 0 bridgehead atoms. The highest BCUT2D eigenvalue weighted by atomic mass is 19.4. The van der Waals surface area contributed by atoms with Crippen LogP contribution in [0.5, 0.6) is 11.6 Å². The molecule has 1 spiro atoms. The van der Waals surface area contributed by atoms with Gasteiger partial charge in [-0.2, -0.15) is 27.2 Å². The maximum Gasteiger partial charge on any atom is 0.416 e. The van der Waals surface area contributed by atoms with Crippen molar-refractivity contribution in [1.29, 1.82) is 5.26 Å². The van der Waals surface area contributed by atoms with E-state index >= 15 is 4.39 Å². The number of hydrogen-bond donors (Lipinski definition) is 1. The summed E-state index contributed by atoms with van der Waals surface area (Å²) in [6.45, 7) is -1.90. The van der Waals surface area contributed by atoms with Crippen LogP contribution in [-0.4, -0.2) is 45.3 Å². The van der Waals surface area contributed by atoms with Crippen LogP contribution in [0.25, 0.3) is 16.6 Å². The fourth-order valence-corrected chi connectivity index (χ4v) is 7.00. The van der Waals surface area contributed by atoms with Gasteiger partial charge in [-0.3, -0.25) is 0 Å². The molecule has 4 aromatic rings. The van der Waals surface area contributed by atoms with Crippen molar-refractivity contribution in [2.75, 3.05) is 18.0 Å². The van der Waals surface area contributed by atoms with Gasteiger partial charge in [-0.05, 0) is 74.1 Å². The van der Waals surface area contributed by atoms with E-state index in [0.29, 0.717) is 61.6 Å². The minimum atomic E-state index is -4.76. The Morgan fingerprint density at radius 2 is 1.84 bits per heavy atom. The van der Waals surface area contributed by atoms with Crippen LogP contribution in [0.2, 0.25) is 0 Å². The third-order valence-corrected chi connectivity index (χ3v) is 10.0. The van der Waals surface area contributed by atoms with Gasteiger partial charge in [-0.25, -0.2) is 19.2 Å². The average molecular weight is 712 g/mol. The SMILES string of the molecule is N#CCC1(Cn2c(N3CC4(CC=C(c5nc(OCc6ccc(C(F)(F)F)cc6OC(F)F)ccc5F)CC4)C3)nc3ccc(C(=O)O)cc32)CC1. The van der Waals surface area contributed by atoms with Crippen LogP contribution in [-0.2, 0) is 19.3 Å². The molecule has 15 heteroatoms. The minimum Gasteiger partial charge on any atom is -0.478 e. The fraction of sp³-hybridized carbons (Fsp3) is 0.389. The van der Waals surface area contributed by atoms with E-state index in [2.05, 4.69) is 20.7 Å². The number of aromatic carboxylic acids is 1. The molecule has 0 radical (unpaired) electrons. The molecule has 2 fully saturated rings. The number of nitriles is 1. The number of carboxylic acids is 1. The molecule has 0 atom stereocenters. The molecular formula is C36H31F6N5O4. The lowest BCUT2D eigenvalue weighted by molar-refractivity contribution is -0.138. The second-order valence-electron chi connectivity index (χ2n) is 13.6. The number of fused-ring (bicyclic) bond motifs is 1. The maximum atomic E-state index is 15.0. The van der Waals surface area contributed by atoms with Crippen LogP contribution in [0, 0.1) is 28.0 Å². The van der Waals surface area contributed by atoms with Crippen molar-refractivity contribution in [3.8, 4) is 17.7 Å². The molecule has 0 amide bonds. The van der Waals surface area contributed by atoms with E-state index in [-0.39, 0.29) is 33.5 Å². The first-order valence-corrected chi connectivity index (χ1v) is 16.3. The molecule has 2 aromatic heterocycles. The second kappa shape index (κ2) is 12.8. The molecule has 51 heavy (non-hydrogen) atoms. The number of allylic oxidation sites excluding steroid dienone is 2. The van der Waals surface area contributed by atoms with Crippen LogP contribution >= 0.6 is 0 Å². The maximum absolute atomic E-state index is 15.0. The van der Waals surface area contributed by atoms with Crippen molar-refractivity contribution in [3.05, 3.63) is 82.8 Å². The highest BCUT2D eigenvalue weighted by Gasteiger charge is 2.47. The van der Waals surface area contributed by atoms with E-state index < -0.39 is 42.5 Å². The Bertz CT molecular complexity index is 2080. The summed E-state index contributed by atoms with van der Waals surface area (Å²) >= 11 is 0. The van der Waals surface area contributed by atoms with Crippen molar-refractivity contribution in [3.63, 3.8) is 0 Å². The monoisotopic (exact) mass is 711 g/mol. The van der Waals surface area contributed by atoms with Crippen molar-refractivity contribution < 1.29 is 45.7 Å². The van der Waals surface area contributed by atoms with E-state index in [1.165, 1.54) is 12.1 Å².